The minimum Gasteiger partial charge on any atom is -0.350 e. The van der Waals surface area contributed by atoms with Crippen molar-refractivity contribution in [3.05, 3.63) is 41.7 Å². The van der Waals surface area contributed by atoms with E-state index in [1.54, 1.807) is 14.2 Å². The number of ether oxygens (including phenoxy) is 2. The number of hydrogen-bond acceptors (Lipinski definition) is 3. The zero-order valence-corrected chi connectivity index (χ0v) is 9.73. The predicted molar refractivity (Wildman–Crippen MR) is 63.2 cm³/mol. The van der Waals surface area contributed by atoms with E-state index in [2.05, 4.69) is 11.1 Å². The van der Waals surface area contributed by atoms with E-state index in [1.165, 1.54) is 5.39 Å². The highest BCUT2D eigenvalue weighted by molar-refractivity contribution is 5.85. The minimum absolute atomic E-state index is 0.399. The molecule has 0 amide bonds. The third-order valence-corrected chi connectivity index (χ3v) is 2.74. The third-order valence-electron chi connectivity index (χ3n) is 2.74. The van der Waals surface area contributed by atoms with Gasteiger partial charge in [-0.15, -0.1) is 0 Å². The number of methoxy groups -OCH3 is 2. The highest BCUT2D eigenvalue weighted by Gasteiger charge is 2.14. The van der Waals surface area contributed by atoms with E-state index in [4.69, 9.17) is 9.47 Å². The number of aryl methyl sites for hydroxylation is 1. The fourth-order valence-electron chi connectivity index (χ4n) is 1.88. The summed E-state index contributed by atoms with van der Waals surface area (Å²) in [6, 6.07) is 8.16. The van der Waals surface area contributed by atoms with Gasteiger partial charge in [0, 0.05) is 25.8 Å². The van der Waals surface area contributed by atoms with Gasteiger partial charge in [-0.1, -0.05) is 24.3 Å². The van der Waals surface area contributed by atoms with E-state index in [0.717, 1.165) is 16.6 Å². The Hall–Kier alpha value is -1.45. The maximum Gasteiger partial charge on any atom is 0.200 e. The number of nitrogens with zero attached hydrogens (tertiary/aromatic N) is 1. The maximum absolute atomic E-state index is 5.23. The second-order valence-corrected chi connectivity index (χ2v) is 3.66. The number of aromatic nitrogens is 1. The molecule has 16 heavy (non-hydrogen) atoms. The molecule has 0 saturated heterocycles. The SMILES string of the molecule is COC(OC)c1ncc2ccccc2c1C. The first-order valence-electron chi connectivity index (χ1n) is 5.17. The van der Waals surface area contributed by atoms with Gasteiger partial charge in [-0.2, -0.15) is 0 Å². The van der Waals surface area contributed by atoms with E-state index >= 15 is 0 Å². The molecule has 0 unspecified atom stereocenters. The minimum atomic E-state index is -0.399. The molecule has 0 aliphatic rings. The van der Waals surface area contributed by atoms with Crippen molar-refractivity contribution in [2.45, 2.75) is 13.2 Å². The molecule has 0 N–H and O–H groups in total. The lowest BCUT2D eigenvalue weighted by Gasteiger charge is -2.16. The Labute approximate surface area is 95.0 Å². The molecule has 0 spiro atoms. The molecule has 3 heteroatoms. The van der Waals surface area contributed by atoms with E-state index in [0.29, 0.717) is 0 Å². The number of hydrogen-bond donors (Lipinski definition) is 0. The predicted octanol–water partition coefficient (Wildman–Crippen LogP) is 2.83. The summed E-state index contributed by atoms with van der Waals surface area (Å²) in [5, 5.41) is 2.32. The molecule has 2 aromatic rings. The standard InChI is InChI=1S/C13H15NO2/c1-9-11-7-5-4-6-10(11)8-14-12(9)13(15-2)16-3/h4-8,13H,1-3H3. The lowest BCUT2D eigenvalue weighted by Crippen LogP contribution is -2.08. The van der Waals surface area contributed by atoms with Crippen LogP contribution in [0, 0.1) is 6.92 Å². The molecule has 0 bridgehead atoms. The summed E-state index contributed by atoms with van der Waals surface area (Å²) in [6.45, 7) is 2.04. The summed E-state index contributed by atoms with van der Waals surface area (Å²) in [4.78, 5) is 4.40. The lowest BCUT2D eigenvalue weighted by atomic mass is 10.1. The van der Waals surface area contributed by atoms with Gasteiger partial charge < -0.3 is 9.47 Å². The van der Waals surface area contributed by atoms with Crippen molar-refractivity contribution in [2.24, 2.45) is 0 Å². The van der Waals surface area contributed by atoms with Crippen LogP contribution in [0.5, 0.6) is 0 Å². The van der Waals surface area contributed by atoms with Crippen LogP contribution < -0.4 is 0 Å². The van der Waals surface area contributed by atoms with Crippen LogP contribution in [-0.2, 0) is 9.47 Å². The lowest BCUT2D eigenvalue weighted by molar-refractivity contribution is -0.108. The maximum atomic E-state index is 5.23. The van der Waals surface area contributed by atoms with Crippen molar-refractivity contribution in [1.29, 1.82) is 0 Å². The summed E-state index contributed by atoms with van der Waals surface area (Å²) in [6.07, 6.45) is 1.45. The van der Waals surface area contributed by atoms with Crippen molar-refractivity contribution in [1.82, 2.24) is 4.98 Å². The van der Waals surface area contributed by atoms with Crippen molar-refractivity contribution in [2.75, 3.05) is 14.2 Å². The zero-order valence-electron chi connectivity index (χ0n) is 9.73. The van der Waals surface area contributed by atoms with Gasteiger partial charge in [0.05, 0.1) is 5.69 Å². The Morgan fingerprint density at radius 3 is 2.50 bits per heavy atom. The number of pyridine rings is 1. The molecule has 3 nitrogen and oxygen atoms in total. The largest absolute Gasteiger partial charge is 0.350 e. The van der Waals surface area contributed by atoms with Gasteiger partial charge in [0.2, 0.25) is 6.29 Å². The van der Waals surface area contributed by atoms with E-state index in [1.807, 2.05) is 31.3 Å². The second-order valence-electron chi connectivity index (χ2n) is 3.66. The summed E-state index contributed by atoms with van der Waals surface area (Å²) in [7, 11) is 3.23. The Bertz CT molecular complexity index is 492. The first-order valence-corrected chi connectivity index (χ1v) is 5.17. The molecule has 1 aromatic heterocycles. The van der Waals surface area contributed by atoms with Crippen molar-refractivity contribution >= 4 is 10.8 Å². The first-order chi connectivity index (χ1) is 7.77. The van der Waals surface area contributed by atoms with Crippen molar-refractivity contribution in [3.8, 4) is 0 Å². The average Bonchev–Trinajstić information content (AvgIpc) is 2.34. The molecule has 0 saturated carbocycles. The number of rotatable bonds is 3. The molecule has 84 valence electrons. The molecule has 1 heterocycles. The number of fused-ring (bicyclic) bond motifs is 1. The zero-order chi connectivity index (χ0) is 11.5. The molecule has 0 radical (unpaired) electrons. The van der Waals surface area contributed by atoms with Crippen LogP contribution in [0.1, 0.15) is 17.5 Å². The first kappa shape index (κ1) is 11.0. The van der Waals surface area contributed by atoms with Crippen molar-refractivity contribution in [3.63, 3.8) is 0 Å². The van der Waals surface area contributed by atoms with Crippen LogP contribution in [0.2, 0.25) is 0 Å². The van der Waals surface area contributed by atoms with Crippen LogP contribution in [0.3, 0.4) is 0 Å². The van der Waals surface area contributed by atoms with Gasteiger partial charge >= 0.3 is 0 Å². The third kappa shape index (κ3) is 1.79. The highest BCUT2D eigenvalue weighted by atomic mass is 16.7. The van der Waals surface area contributed by atoms with Crippen LogP contribution in [-0.4, -0.2) is 19.2 Å². The Balaban J connectivity index is 2.60. The second kappa shape index (κ2) is 4.60. The van der Waals surface area contributed by atoms with Gasteiger partial charge in [0.1, 0.15) is 0 Å². The summed E-state index contributed by atoms with van der Waals surface area (Å²) in [5.74, 6) is 0. The quantitative estimate of drug-likeness (QED) is 0.741. The normalized spacial score (nSPS) is 11.2. The molecule has 0 aliphatic carbocycles. The van der Waals surface area contributed by atoms with Crippen LogP contribution >= 0.6 is 0 Å². The van der Waals surface area contributed by atoms with Gasteiger partial charge in [0.25, 0.3) is 0 Å². The average molecular weight is 217 g/mol. The fraction of sp³-hybridized carbons (Fsp3) is 0.308. The van der Waals surface area contributed by atoms with Gasteiger partial charge in [-0.25, -0.2) is 0 Å². The van der Waals surface area contributed by atoms with Gasteiger partial charge in [-0.05, 0) is 17.9 Å². The van der Waals surface area contributed by atoms with E-state index in [-0.39, 0.29) is 0 Å². The molecule has 0 aliphatic heterocycles. The molecule has 0 atom stereocenters. The van der Waals surface area contributed by atoms with Crippen molar-refractivity contribution < 1.29 is 9.47 Å². The van der Waals surface area contributed by atoms with Crippen LogP contribution in [0.25, 0.3) is 10.8 Å². The molecular weight excluding hydrogens is 202 g/mol. The van der Waals surface area contributed by atoms with Crippen LogP contribution in [0.15, 0.2) is 30.5 Å². The van der Waals surface area contributed by atoms with Gasteiger partial charge in [0.15, 0.2) is 0 Å². The molecule has 1 aromatic carbocycles. The summed E-state index contributed by atoms with van der Waals surface area (Å²) in [5.41, 5.74) is 1.94. The molecule has 2 rings (SSSR count). The Morgan fingerprint density at radius 1 is 1.12 bits per heavy atom. The molecular formula is C13H15NO2. The van der Waals surface area contributed by atoms with E-state index in [9.17, 15) is 0 Å². The Morgan fingerprint density at radius 2 is 1.81 bits per heavy atom. The topological polar surface area (TPSA) is 31.4 Å². The van der Waals surface area contributed by atoms with Gasteiger partial charge in [-0.3, -0.25) is 4.98 Å². The summed E-state index contributed by atoms with van der Waals surface area (Å²) < 4.78 is 10.5. The van der Waals surface area contributed by atoms with E-state index < -0.39 is 6.29 Å². The fourth-order valence-corrected chi connectivity index (χ4v) is 1.88. The molecule has 0 fully saturated rings. The smallest absolute Gasteiger partial charge is 0.200 e. The Kier molecular flexibility index (Phi) is 3.17. The number of benzene rings is 1. The summed E-state index contributed by atoms with van der Waals surface area (Å²) >= 11 is 0. The highest BCUT2D eigenvalue weighted by Crippen LogP contribution is 2.25. The monoisotopic (exact) mass is 217 g/mol. The van der Waals surface area contributed by atoms with Crippen LogP contribution in [0.4, 0.5) is 0 Å².